The number of phenolic OH excluding ortho intramolecular Hbond substituents is 1. The number of nitrogens with zero attached hydrogens (tertiary/aromatic N) is 3. The number of guanidine groups is 1. The van der Waals surface area contributed by atoms with E-state index in [2.05, 4.69) is 36.8 Å². The van der Waals surface area contributed by atoms with Gasteiger partial charge in [-0.3, -0.25) is 0 Å². The molecule has 0 amide bonds. The number of hydrogen-bond donors (Lipinski definition) is 2. The van der Waals surface area contributed by atoms with Gasteiger partial charge in [-0.2, -0.15) is 0 Å². The van der Waals surface area contributed by atoms with Gasteiger partial charge in [-0.05, 0) is 46.6 Å². The van der Waals surface area contributed by atoms with Crippen molar-refractivity contribution in [1.29, 1.82) is 0 Å². The maximum atomic E-state index is 10.0. The lowest BCUT2D eigenvalue weighted by molar-refractivity contribution is 0.339. The number of aromatic nitrogens is 1. The second-order valence-electron chi connectivity index (χ2n) is 6.14. The molecular formula is C19H28BrIN4O3. The number of ether oxygens (including phenoxy) is 2. The Morgan fingerprint density at radius 1 is 1.25 bits per heavy atom. The van der Waals surface area contributed by atoms with Crippen LogP contribution in [0, 0.1) is 0 Å². The topological polar surface area (TPSA) is 71.2 Å². The summed E-state index contributed by atoms with van der Waals surface area (Å²) < 4.78 is 13.6. The number of halogens is 2. The lowest BCUT2D eigenvalue weighted by atomic mass is 10.2. The van der Waals surface area contributed by atoms with Gasteiger partial charge in [0.25, 0.3) is 0 Å². The zero-order chi connectivity index (χ0) is 20.0. The van der Waals surface area contributed by atoms with E-state index >= 15 is 0 Å². The molecule has 0 saturated heterocycles. The molecule has 7 nitrogen and oxygen atoms in total. The fourth-order valence-electron chi connectivity index (χ4n) is 2.72. The van der Waals surface area contributed by atoms with Crippen LogP contribution in [0.15, 0.2) is 33.9 Å². The summed E-state index contributed by atoms with van der Waals surface area (Å²) in [5, 5.41) is 13.4. The highest BCUT2D eigenvalue weighted by atomic mass is 127. The predicted octanol–water partition coefficient (Wildman–Crippen LogP) is 3.73. The van der Waals surface area contributed by atoms with Gasteiger partial charge in [0.15, 0.2) is 17.5 Å². The quantitative estimate of drug-likeness (QED) is 0.304. The number of benzene rings is 1. The van der Waals surface area contributed by atoms with Crippen LogP contribution in [-0.2, 0) is 20.1 Å². The predicted molar refractivity (Wildman–Crippen MR) is 126 cm³/mol. The van der Waals surface area contributed by atoms with Crippen LogP contribution < -0.4 is 14.8 Å². The number of aromatic hydroxyl groups is 1. The minimum Gasteiger partial charge on any atom is -0.502 e. The number of phenols is 1. The molecule has 156 valence electrons. The average Bonchev–Trinajstić information content (AvgIpc) is 2.96. The van der Waals surface area contributed by atoms with Crippen LogP contribution in [0.3, 0.4) is 0 Å². The summed E-state index contributed by atoms with van der Waals surface area (Å²) in [7, 11) is 7.04. The number of aryl methyl sites for hydroxylation is 1. The molecule has 0 aliphatic rings. The first kappa shape index (κ1) is 24.4. The minimum absolute atomic E-state index is 0. The Kier molecular flexibility index (Phi) is 9.94. The van der Waals surface area contributed by atoms with E-state index in [1.54, 1.807) is 12.1 Å². The molecule has 0 aliphatic heterocycles. The molecule has 1 aromatic carbocycles. The van der Waals surface area contributed by atoms with E-state index in [0.29, 0.717) is 18.0 Å². The van der Waals surface area contributed by atoms with Gasteiger partial charge in [0.1, 0.15) is 0 Å². The van der Waals surface area contributed by atoms with Gasteiger partial charge >= 0.3 is 0 Å². The second-order valence-corrected chi connectivity index (χ2v) is 7.05. The van der Waals surface area contributed by atoms with Gasteiger partial charge in [-0.15, -0.1) is 24.0 Å². The highest BCUT2D eigenvalue weighted by molar-refractivity contribution is 14.0. The molecule has 1 heterocycles. The van der Waals surface area contributed by atoms with Crippen LogP contribution in [0.1, 0.15) is 18.2 Å². The van der Waals surface area contributed by atoms with E-state index in [1.807, 2.05) is 27.2 Å². The summed E-state index contributed by atoms with van der Waals surface area (Å²) in [6, 6.07) is 5.62. The minimum atomic E-state index is -0.00830. The monoisotopic (exact) mass is 566 g/mol. The molecule has 0 unspecified atom stereocenters. The van der Waals surface area contributed by atoms with Crippen molar-refractivity contribution in [2.24, 2.45) is 12.0 Å². The number of methoxy groups -OCH3 is 2. The van der Waals surface area contributed by atoms with Gasteiger partial charge in [0.2, 0.25) is 5.75 Å². The highest BCUT2D eigenvalue weighted by Crippen LogP contribution is 2.37. The molecule has 2 aromatic rings. The van der Waals surface area contributed by atoms with Gasteiger partial charge in [-0.25, -0.2) is 4.99 Å². The SMILES string of the molecule is CCNC(=NCc1cc(OC)c(O)c(OC)c1)N(C)Cc1cc(Br)cn1C.I. The highest BCUT2D eigenvalue weighted by Gasteiger charge is 2.13. The molecular weight excluding hydrogens is 539 g/mol. The van der Waals surface area contributed by atoms with Crippen molar-refractivity contribution in [2.75, 3.05) is 27.8 Å². The van der Waals surface area contributed by atoms with Crippen molar-refractivity contribution in [3.8, 4) is 17.2 Å². The van der Waals surface area contributed by atoms with Crippen LogP contribution in [0.4, 0.5) is 0 Å². The van der Waals surface area contributed by atoms with Crippen molar-refractivity contribution >= 4 is 45.9 Å². The summed E-state index contributed by atoms with van der Waals surface area (Å²) in [6.07, 6.45) is 2.03. The molecule has 0 saturated carbocycles. The van der Waals surface area contributed by atoms with E-state index in [0.717, 1.165) is 29.1 Å². The average molecular weight is 567 g/mol. The summed E-state index contributed by atoms with van der Waals surface area (Å²) >= 11 is 3.51. The Labute approximate surface area is 191 Å². The Hall–Kier alpha value is -1.62. The molecule has 0 atom stereocenters. The van der Waals surface area contributed by atoms with Crippen molar-refractivity contribution in [2.45, 2.75) is 20.0 Å². The third kappa shape index (κ3) is 6.20. The lowest BCUT2D eigenvalue weighted by Crippen LogP contribution is -2.38. The zero-order valence-corrected chi connectivity index (χ0v) is 20.7. The molecule has 0 aliphatic carbocycles. The Morgan fingerprint density at radius 3 is 2.32 bits per heavy atom. The number of nitrogens with one attached hydrogen (secondary N) is 1. The molecule has 0 radical (unpaired) electrons. The summed E-state index contributed by atoms with van der Waals surface area (Å²) in [4.78, 5) is 6.78. The Morgan fingerprint density at radius 2 is 1.86 bits per heavy atom. The van der Waals surface area contributed by atoms with Crippen LogP contribution in [-0.4, -0.2) is 48.3 Å². The fourth-order valence-corrected chi connectivity index (χ4v) is 3.29. The first-order valence-corrected chi connectivity index (χ1v) is 9.42. The van der Waals surface area contributed by atoms with Crippen LogP contribution in [0.25, 0.3) is 0 Å². The standard InChI is InChI=1S/C19H27BrN4O3.HI/c1-6-21-19(24(3)12-15-9-14(20)11-23(15)2)22-10-13-7-16(26-4)18(25)17(8-13)27-5;/h7-9,11,25H,6,10,12H2,1-5H3,(H,21,22);1H. The van der Waals surface area contributed by atoms with Gasteiger partial charge in [-0.1, -0.05) is 0 Å². The zero-order valence-electron chi connectivity index (χ0n) is 16.8. The first-order chi connectivity index (χ1) is 12.9. The van der Waals surface area contributed by atoms with Crippen LogP contribution >= 0.6 is 39.9 Å². The molecule has 0 bridgehead atoms. The van der Waals surface area contributed by atoms with E-state index in [9.17, 15) is 5.11 Å². The molecule has 2 N–H and O–H groups in total. The van der Waals surface area contributed by atoms with Crippen molar-refractivity contribution in [3.63, 3.8) is 0 Å². The fraction of sp³-hybridized carbons (Fsp3) is 0.421. The molecule has 0 fully saturated rings. The van der Waals surface area contributed by atoms with Gasteiger partial charge in [0.05, 0.1) is 27.3 Å². The van der Waals surface area contributed by atoms with E-state index in [1.165, 1.54) is 19.9 Å². The van der Waals surface area contributed by atoms with Crippen molar-refractivity contribution in [3.05, 3.63) is 40.1 Å². The third-order valence-electron chi connectivity index (χ3n) is 4.12. The van der Waals surface area contributed by atoms with Gasteiger partial charge in [0, 0.05) is 37.0 Å². The van der Waals surface area contributed by atoms with E-state index < -0.39 is 0 Å². The third-order valence-corrected chi connectivity index (χ3v) is 4.55. The van der Waals surface area contributed by atoms with Crippen molar-refractivity contribution in [1.82, 2.24) is 14.8 Å². The number of aliphatic imine (C=N–C) groups is 1. The summed E-state index contributed by atoms with van der Waals surface area (Å²) in [6.45, 7) is 3.95. The normalized spacial score (nSPS) is 11.0. The first-order valence-electron chi connectivity index (χ1n) is 8.63. The Balaban J connectivity index is 0.00000392. The lowest BCUT2D eigenvalue weighted by Gasteiger charge is -2.22. The molecule has 28 heavy (non-hydrogen) atoms. The number of hydrogen-bond acceptors (Lipinski definition) is 4. The van der Waals surface area contributed by atoms with E-state index in [4.69, 9.17) is 14.5 Å². The largest absolute Gasteiger partial charge is 0.502 e. The molecule has 9 heteroatoms. The molecule has 0 spiro atoms. The maximum absolute atomic E-state index is 10.0. The summed E-state index contributed by atoms with van der Waals surface area (Å²) in [5.41, 5.74) is 2.05. The second kappa shape index (κ2) is 11.4. The maximum Gasteiger partial charge on any atom is 0.200 e. The molecule has 2 rings (SSSR count). The number of rotatable bonds is 7. The van der Waals surface area contributed by atoms with E-state index in [-0.39, 0.29) is 29.7 Å². The Bertz CT molecular complexity index is 785. The summed E-state index contributed by atoms with van der Waals surface area (Å²) in [5.74, 6) is 1.52. The van der Waals surface area contributed by atoms with Crippen molar-refractivity contribution < 1.29 is 14.6 Å². The smallest absolute Gasteiger partial charge is 0.200 e. The van der Waals surface area contributed by atoms with Crippen LogP contribution in [0.2, 0.25) is 0 Å². The molecule has 1 aromatic heterocycles. The van der Waals surface area contributed by atoms with Gasteiger partial charge < -0.3 is 29.4 Å². The van der Waals surface area contributed by atoms with Crippen LogP contribution in [0.5, 0.6) is 17.2 Å².